The van der Waals surface area contributed by atoms with Gasteiger partial charge in [-0.05, 0) is 155 Å². The number of fused-ring (bicyclic) bond motifs is 5. The van der Waals surface area contributed by atoms with Crippen LogP contribution in [-0.4, -0.2) is 0 Å². The molecule has 0 unspecified atom stereocenters. The molecule has 0 aliphatic carbocycles. The molecule has 2 heteroatoms. The van der Waals surface area contributed by atoms with Gasteiger partial charge in [0.2, 0.25) is 0 Å². The molecule has 0 heterocycles. The lowest BCUT2D eigenvalue weighted by Crippen LogP contribution is -2.10. The summed E-state index contributed by atoms with van der Waals surface area (Å²) in [6.07, 6.45) is 4.39. The molecule has 0 saturated carbocycles. The van der Waals surface area contributed by atoms with Gasteiger partial charge in [0.05, 0.1) is 0 Å². The Kier molecular flexibility index (Phi) is 9.89. The van der Waals surface area contributed by atoms with Crippen LogP contribution in [0.25, 0.3) is 77.1 Å². The molecule has 0 N–H and O–H groups in total. The van der Waals surface area contributed by atoms with Crippen molar-refractivity contribution in [1.29, 1.82) is 0 Å². The average molecular weight is 841 g/mol. The monoisotopic (exact) mass is 840 g/mol. The molecule has 12 aromatic rings. The first-order valence-corrected chi connectivity index (χ1v) is 22.6. The van der Waals surface area contributed by atoms with Gasteiger partial charge in [0.15, 0.2) is 0 Å². The van der Waals surface area contributed by atoms with E-state index in [4.69, 9.17) is 0 Å². The van der Waals surface area contributed by atoms with Crippen LogP contribution in [-0.2, 0) is 0 Å². The third-order valence-corrected chi connectivity index (χ3v) is 12.9. The second-order valence-corrected chi connectivity index (χ2v) is 17.1. The highest BCUT2D eigenvalue weighted by Crippen LogP contribution is 2.40. The van der Waals surface area contributed by atoms with Crippen molar-refractivity contribution in [2.45, 2.75) is 0 Å². The highest BCUT2D eigenvalue weighted by Gasteiger charge is 2.16. The smallest absolute Gasteiger partial charge is 0.0468 e. The molecule has 0 radical (unpaired) electrons. The lowest BCUT2D eigenvalue weighted by molar-refractivity contribution is 1.29. The summed E-state index contributed by atoms with van der Waals surface area (Å²) in [6.45, 7) is 0. The molecule has 0 saturated heterocycles. The van der Waals surface area contributed by atoms with Gasteiger partial charge < -0.3 is 9.80 Å². The van der Waals surface area contributed by atoms with E-state index in [0.717, 1.165) is 45.3 Å². The van der Waals surface area contributed by atoms with E-state index in [-0.39, 0.29) is 0 Å². The minimum atomic E-state index is 1.11. The lowest BCUT2D eigenvalue weighted by atomic mass is 9.99. The molecule has 0 bridgehead atoms. The largest absolute Gasteiger partial charge is 0.310 e. The van der Waals surface area contributed by atoms with Gasteiger partial charge in [0, 0.05) is 34.1 Å². The fourth-order valence-corrected chi connectivity index (χ4v) is 9.42. The Balaban J connectivity index is 0.799. The van der Waals surface area contributed by atoms with Crippen molar-refractivity contribution in [3.63, 3.8) is 0 Å². The maximum atomic E-state index is 2.37. The van der Waals surface area contributed by atoms with Crippen molar-refractivity contribution >= 4 is 100 Å². The van der Waals surface area contributed by atoms with E-state index in [2.05, 4.69) is 277 Å². The second-order valence-electron chi connectivity index (χ2n) is 17.1. The van der Waals surface area contributed by atoms with Gasteiger partial charge in [-0.2, -0.15) is 0 Å². The van der Waals surface area contributed by atoms with Crippen LogP contribution >= 0.6 is 0 Å². The van der Waals surface area contributed by atoms with E-state index in [9.17, 15) is 0 Å². The van der Waals surface area contributed by atoms with Crippen LogP contribution in [0.4, 0.5) is 34.1 Å². The van der Waals surface area contributed by atoms with Gasteiger partial charge in [-0.25, -0.2) is 0 Å². The van der Waals surface area contributed by atoms with E-state index in [1.165, 1.54) is 65.0 Å². The van der Waals surface area contributed by atoms with E-state index in [0.29, 0.717) is 0 Å². The molecule has 0 aromatic heterocycles. The molecule has 0 atom stereocenters. The predicted octanol–water partition coefficient (Wildman–Crippen LogP) is 18.2. The Labute approximate surface area is 385 Å². The molecular formula is C64H44N2. The third kappa shape index (κ3) is 7.61. The Morgan fingerprint density at radius 1 is 0.197 bits per heavy atom. The van der Waals surface area contributed by atoms with Gasteiger partial charge in [-0.1, -0.05) is 188 Å². The van der Waals surface area contributed by atoms with Crippen LogP contribution < -0.4 is 9.80 Å². The van der Waals surface area contributed by atoms with Gasteiger partial charge in [0.25, 0.3) is 0 Å². The number of anilines is 6. The van der Waals surface area contributed by atoms with Crippen LogP contribution in [0.5, 0.6) is 0 Å². The number of hydrogen-bond acceptors (Lipinski definition) is 2. The Bertz CT molecular complexity index is 3610. The Morgan fingerprint density at radius 2 is 0.455 bits per heavy atom. The molecule has 0 aliphatic heterocycles. The maximum Gasteiger partial charge on any atom is 0.0468 e. The zero-order chi connectivity index (χ0) is 43.8. The lowest BCUT2D eigenvalue weighted by Gasteiger charge is -2.26. The van der Waals surface area contributed by atoms with Gasteiger partial charge >= 0.3 is 0 Å². The van der Waals surface area contributed by atoms with E-state index in [1.807, 2.05) is 0 Å². The van der Waals surface area contributed by atoms with Crippen molar-refractivity contribution in [2.24, 2.45) is 0 Å². The maximum absolute atomic E-state index is 2.37. The van der Waals surface area contributed by atoms with Crippen LogP contribution in [0.1, 0.15) is 11.1 Å². The molecule has 0 aliphatic rings. The molecular weight excluding hydrogens is 797 g/mol. The van der Waals surface area contributed by atoms with Crippen molar-refractivity contribution < 1.29 is 0 Å². The average Bonchev–Trinajstić information content (AvgIpc) is 3.38. The van der Waals surface area contributed by atoms with Crippen LogP contribution in [0, 0.1) is 0 Å². The Morgan fingerprint density at radius 3 is 0.848 bits per heavy atom. The van der Waals surface area contributed by atoms with Crippen molar-refractivity contribution in [1.82, 2.24) is 0 Å². The van der Waals surface area contributed by atoms with Crippen molar-refractivity contribution in [2.75, 3.05) is 9.80 Å². The van der Waals surface area contributed by atoms with Crippen molar-refractivity contribution in [3.05, 3.63) is 266 Å². The van der Waals surface area contributed by atoms with Crippen LogP contribution in [0.2, 0.25) is 0 Å². The van der Waals surface area contributed by atoms with E-state index < -0.39 is 0 Å². The summed E-state index contributed by atoms with van der Waals surface area (Å²) in [7, 11) is 0. The molecule has 66 heavy (non-hydrogen) atoms. The molecule has 0 fully saturated rings. The normalized spacial score (nSPS) is 11.6. The first kappa shape index (κ1) is 38.9. The molecule has 12 aromatic carbocycles. The van der Waals surface area contributed by atoms with E-state index in [1.54, 1.807) is 0 Å². The summed E-state index contributed by atoms with van der Waals surface area (Å²) in [5.74, 6) is 0. The standard InChI is InChI=1S/C64H44N2/c1-5-13-52-40-60(34-27-47(52)9-1)65(61-35-28-48-10-2-6-14-53(48)41-61)59-32-21-46(22-33-59)18-17-45-19-23-51(24-20-45)56-25-26-58-44-64(38-31-57(58)39-56)66(62-36-29-49-11-3-7-15-54(49)42-62)63-37-30-50-12-4-8-16-55(50)43-63/h1-44H. The highest BCUT2D eigenvalue weighted by atomic mass is 15.1. The SMILES string of the molecule is C(=Cc1ccc(N(c2ccc3ccccc3c2)c2ccc3ccccc3c2)cc1)c1ccc(-c2ccc3cc(N(c4ccc5ccccc5c4)c4ccc5ccccc5c4)ccc3c2)cc1. The minimum Gasteiger partial charge on any atom is -0.310 e. The van der Waals surface area contributed by atoms with E-state index >= 15 is 0 Å². The second kappa shape index (κ2) is 16.8. The Hall–Kier alpha value is -8.72. The quantitative estimate of drug-likeness (QED) is 0.134. The molecule has 2 nitrogen and oxygen atoms in total. The van der Waals surface area contributed by atoms with Gasteiger partial charge in [-0.15, -0.1) is 0 Å². The first-order chi connectivity index (χ1) is 32.6. The fraction of sp³-hybridized carbons (Fsp3) is 0. The molecule has 12 rings (SSSR count). The molecule has 0 amide bonds. The molecule has 0 spiro atoms. The number of nitrogens with zero attached hydrogens (tertiary/aromatic N) is 2. The van der Waals surface area contributed by atoms with Gasteiger partial charge in [-0.3, -0.25) is 0 Å². The summed E-state index contributed by atoms with van der Waals surface area (Å²) in [6, 6.07) is 92.5. The first-order valence-electron chi connectivity index (χ1n) is 22.6. The van der Waals surface area contributed by atoms with Crippen molar-refractivity contribution in [3.8, 4) is 11.1 Å². The minimum absolute atomic E-state index is 1.11. The summed E-state index contributed by atoms with van der Waals surface area (Å²) >= 11 is 0. The highest BCUT2D eigenvalue weighted by molar-refractivity contribution is 5.97. The number of benzene rings is 12. The summed E-state index contributed by atoms with van der Waals surface area (Å²) in [5, 5.41) is 12.2. The zero-order valence-corrected chi connectivity index (χ0v) is 36.3. The number of hydrogen-bond donors (Lipinski definition) is 0. The number of rotatable bonds is 9. The van der Waals surface area contributed by atoms with Crippen LogP contribution in [0.3, 0.4) is 0 Å². The topological polar surface area (TPSA) is 6.48 Å². The predicted molar refractivity (Wildman–Crippen MR) is 284 cm³/mol. The third-order valence-electron chi connectivity index (χ3n) is 12.9. The summed E-state index contributed by atoms with van der Waals surface area (Å²) in [4.78, 5) is 4.73. The molecule has 310 valence electrons. The van der Waals surface area contributed by atoms with Crippen LogP contribution in [0.15, 0.2) is 255 Å². The summed E-state index contributed by atoms with van der Waals surface area (Å²) < 4.78 is 0. The zero-order valence-electron chi connectivity index (χ0n) is 36.3. The van der Waals surface area contributed by atoms with Gasteiger partial charge in [0.1, 0.15) is 0 Å². The fourth-order valence-electron chi connectivity index (χ4n) is 9.42. The summed E-state index contributed by atoms with van der Waals surface area (Å²) in [5.41, 5.74) is 11.5.